The van der Waals surface area contributed by atoms with E-state index < -0.39 is 68.3 Å². The number of methoxy groups -OCH3 is 2. The summed E-state index contributed by atoms with van der Waals surface area (Å²) >= 11 is 3.17. The van der Waals surface area contributed by atoms with Crippen LogP contribution in [0, 0.1) is 38.0 Å². The third-order valence-corrected chi connectivity index (χ3v) is 9.91. The summed E-state index contributed by atoms with van der Waals surface area (Å²) in [5.41, 5.74) is -0.613. The number of imide groups is 1. The Morgan fingerprint density at radius 2 is 1.52 bits per heavy atom. The van der Waals surface area contributed by atoms with Crippen molar-refractivity contribution in [1.82, 2.24) is 0 Å². The normalized spacial score (nSPS) is 23.2. The molecule has 1 aliphatic heterocycles. The van der Waals surface area contributed by atoms with Gasteiger partial charge in [0.05, 0.1) is 46.1 Å². The standard InChI is InChI=1S/C32H27BrN4O11/c1-34(2)28-20(36(43)44)9-14(10-21(28)37(45)46)35-31(41)16-6-5-15-17(26(16)32(35)42)11-18-27(22(38)12-19(33)29(18)39)25(15)13-7-23(47-3)30(40)24(8-13)48-4/h5,7-10,12,16-17,25-26,40H,6,11H2,1-4H3/t16-,17+,25-,26-/m0/s1. The van der Waals surface area contributed by atoms with Gasteiger partial charge in [-0.25, -0.2) is 4.90 Å². The lowest BCUT2D eigenvalue weighted by molar-refractivity contribution is -0.392. The number of ketones is 2. The van der Waals surface area contributed by atoms with Crippen molar-refractivity contribution >= 4 is 62.1 Å². The van der Waals surface area contributed by atoms with E-state index in [9.17, 15) is 44.5 Å². The molecular formula is C32H27BrN4O11. The van der Waals surface area contributed by atoms with Crippen LogP contribution in [0.25, 0.3) is 0 Å². The number of anilines is 2. The van der Waals surface area contributed by atoms with Gasteiger partial charge in [0.25, 0.3) is 0 Å². The van der Waals surface area contributed by atoms with Gasteiger partial charge in [0.15, 0.2) is 28.8 Å². The number of carbonyl (C=O) groups excluding carboxylic acids is 4. The van der Waals surface area contributed by atoms with E-state index in [2.05, 4.69) is 15.9 Å². The lowest BCUT2D eigenvalue weighted by Gasteiger charge is -2.42. The summed E-state index contributed by atoms with van der Waals surface area (Å²) in [4.78, 5) is 79.7. The average Bonchev–Trinajstić information content (AvgIpc) is 3.31. The molecule has 48 heavy (non-hydrogen) atoms. The number of nitro benzene ring substituents is 2. The van der Waals surface area contributed by atoms with Crippen molar-refractivity contribution in [2.75, 3.05) is 38.1 Å². The molecule has 2 aromatic carbocycles. The van der Waals surface area contributed by atoms with Gasteiger partial charge in [-0.15, -0.1) is 0 Å². The molecule has 4 aliphatic rings. The number of carbonyl (C=O) groups is 4. The first-order chi connectivity index (χ1) is 22.7. The molecule has 1 N–H and O–H groups in total. The number of nitro groups is 2. The first kappa shape index (κ1) is 32.6. The van der Waals surface area contributed by atoms with E-state index in [0.717, 1.165) is 17.0 Å². The number of benzene rings is 2. The Labute approximate surface area is 280 Å². The van der Waals surface area contributed by atoms with Gasteiger partial charge in [-0.3, -0.25) is 39.4 Å². The summed E-state index contributed by atoms with van der Waals surface area (Å²) in [5.74, 6) is -6.23. The maximum absolute atomic E-state index is 14.3. The zero-order valence-corrected chi connectivity index (χ0v) is 27.5. The maximum Gasteiger partial charge on any atom is 0.301 e. The zero-order chi connectivity index (χ0) is 34.9. The van der Waals surface area contributed by atoms with Crippen molar-refractivity contribution in [2.24, 2.45) is 17.8 Å². The third-order valence-electron chi connectivity index (χ3n) is 9.32. The van der Waals surface area contributed by atoms with Crippen molar-refractivity contribution in [3.05, 3.63) is 83.4 Å². The third kappa shape index (κ3) is 4.77. The fraction of sp³-hybridized carbons (Fsp3) is 0.312. The second-order valence-corrected chi connectivity index (χ2v) is 12.8. The molecule has 248 valence electrons. The summed E-state index contributed by atoms with van der Waals surface area (Å²) in [5, 5.41) is 34.6. The molecule has 4 atom stereocenters. The molecule has 0 radical (unpaired) electrons. The highest BCUT2D eigenvalue weighted by atomic mass is 79.9. The molecule has 0 bridgehead atoms. The number of fused-ring (bicyclic) bond motifs is 3. The molecular weight excluding hydrogens is 696 g/mol. The van der Waals surface area contributed by atoms with Crippen LogP contribution in [0.4, 0.5) is 22.7 Å². The Kier molecular flexibility index (Phi) is 7.93. The minimum Gasteiger partial charge on any atom is -0.502 e. The van der Waals surface area contributed by atoms with E-state index in [0.29, 0.717) is 11.1 Å². The number of phenolic OH excluding ortho intramolecular Hbond substituents is 1. The molecule has 2 aromatic rings. The number of nitrogens with zero attached hydrogens (tertiary/aromatic N) is 4. The summed E-state index contributed by atoms with van der Waals surface area (Å²) in [6.07, 6.45) is 2.92. The van der Waals surface area contributed by atoms with Crippen molar-refractivity contribution in [1.29, 1.82) is 0 Å². The highest BCUT2D eigenvalue weighted by Gasteiger charge is 2.57. The van der Waals surface area contributed by atoms with Crippen molar-refractivity contribution < 1.29 is 43.6 Å². The first-order valence-electron chi connectivity index (χ1n) is 14.6. The van der Waals surface area contributed by atoms with Gasteiger partial charge in [-0.2, -0.15) is 0 Å². The predicted molar refractivity (Wildman–Crippen MR) is 172 cm³/mol. The summed E-state index contributed by atoms with van der Waals surface area (Å²) in [6, 6.07) is 4.95. The Morgan fingerprint density at radius 1 is 0.938 bits per heavy atom. The molecule has 6 rings (SSSR count). The molecule has 3 aliphatic carbocycles. The fourth-order valence-electron chi connectivity index (χ4n) is 7.38. The van der Waals surface area contributed by atoms with Crippen molar-refractivity contribution in [3.8, 4) is 17.2 Å². The van der Waals surface area contributed by atoms with Crippen LogP contribution >= 0.6 is 15.9 Å². The molecule has 15 nitrogen and oxygen atoms in total. The lowest BCUT2D eigenvalue weighted by atomic mass is 9.59. The topological polar surface area (TPSA) is 200 Å². The van der Waals surface area contributed by atoms with E-state index in [1.54, 1.807) is 6.08 Å². The molecule has 16 heteroatoms. The first-order valence-corrected chi connectivity index (χ1v) is 15.4. The number of aromatic hydroxyl groups is 1. The SMILES string of the molecule is COc1cc([C@H]2C3=CC[C@@H]4C(=O)N(c5cc([N+](=O)[O-])c(N(C)C)c([N+](=O)[O-])c5)C(=O)[C@@H]4[C@@H]3CC3=C2C(=O)C=C(Br)C3=O)cc(OC)c1O. The Morgan fingerprint density at radius 3 is 2.04 bits per heavy atom. The van der Waals surface area contributed by atoms with Gasteiger partial charge >= 0.3 is 11.4 Å². The number of ether oxygens (including phenoxy) is 2. The molecule has 1 fully saturated rings. The van der Waals surface area contributed by atoms with Gasteiger partial charge in [-0.05, 0) is 52.4 Å². The number of amides is 2. The van der Waals surface area contributed by atoms with Crippen molar-refractivity contribution in [3.63, 3.8) is 0 Å². The van der Waals surface area contributed by atoms with Crippen LogP contribution in [-0.4, -0.2) is 66.6 Å². The van der Waals surface area contributed by atoms with Gasteiger partial charge in [0, 0.05) is 49.4 Å². The van der Waals surface area contributed by atoms with E-state index in [4.69, 9.17) is 9.47 Å². The van der Waals surface area contributed by atoms with Gasteiger partial charge in [-0.1, -0.05) is 11.6 Å². The van der Waals surface area contributed by atoms with Crippen LogP contribution < -0.4 is 19.3 Å². The van der Waals surface area contributed by atoms with E-state index >= 15 is 0 Å². The van der Waals surface area contributed by atoms with Gasteiger partial charge in [0.1, 0.15) is 0 Å². The zero-order valence-electron chi connectivity index (χ0n) is 25.9. The number of allylic oxidation sites excluding steroid dienone is 6. The summed E-state index contributed by atoms with van der Waals surface area (Å²) in [6.45, 7) is 0. The monoisotopic (exact) mass is 722 g/mol. The summed E-state index contributed by atoms with van der Waals surface area (Å²) in [7, 11) is 5.47. The minimum atomic E-state index is -1.06. The van der Waals surface area contributed by atoms with Gasteiger partial charge in [0.2, 0.25) is 17.6 Å². The second kappa shape index (κ2) is 11.7. The van der Waals surface area contributed by atoms with Crippen LogP contribution in [0.5, 0.6) is 17.2 Å². The molecule has 0 saturated carbocycles. The Balaban J connectivity index is 1.51. The quantitative estimate of drug-likeness (QED) is 0.140. The molecule has 0 aromatic heterocycles. The maximum atomic E-state index is 14.3. The number of rotatable bonds is 7. The highest BCUT2D eigenvalue weighted by Crippen LogP contribution is 2.57. The smallest absolute Gasteiger partial charge is 0.301 e. The van der Waals surface area contributed by atoms with Crippen LogP contribution in [-0.2, 0) is 19.2 Å². The second-order valence-electron chi connectivity index (χ2n) is 11.9. The molecule has 0 unspecified atom stereocenters. The fourth-order valence-corrected chi connectivity index (χ4v) is 7.82. The lowest BCUT2D eigenvalue weighted by Crippen LogP contribution is -2.39. The molecule has 2 amide bonds. The van der Waals surface area contributed by atoms with Gasteiger partial charge < -0.3 is 19.5 Å². The van der Waals surface area contributed by atoms with Crippen LogP contribution in [0.2, 0.25) is 0 Å². The Hall–Kier alpha value is -5.38. The molecule has 1 heterocycles. The van der Waals surface area contributed by atoms with Crippen LogP contribution in [0.3, 0.4) is 0 Å². The average molecular weight is 723 g/mol. The number of hydrogen-bond donors (Lipinski definition) is 1. The van der Waals surface area contributed by atoms with E-state index in [1.807, 2.05) is 0 Å². The molecule has 0 spiro atoms. The highest BCUT2D eigenvalue weighted by molar-refractivity contribution is 9.12. The number of halogens is 1. The number of phenols is 1. The van der Waals surface area contributed by atoms with E-state index in [1.165, 1.54) is 51.4 Å². The largest absolute Gasteiger partial charge is 0.502 e. The summed E-state index contributed by atoms with van der Waals surface area (Å²) < 4.78 is 10.7. The van der Waals surface area contributed by atoms with Crippen LogP contribution in [0.1, 0.15) is 24.3 Å². The van der Waals surface area contributed by atoms with Crippen molar-refractivity contribution in [2.45, 2.75) is 18.8 Å². The number of Topliss-reactive ketones (excluding diaryl/α,β-unsaturated/α-hetero) is 1. The minimum absolute atomic E-state index is 0.0294. The van der Waals surface area contributed by atoms with Crippen LogP contribution in [0.15, 0.2) is 57.6 Å². The Bertz CT molecular complexity index is 1920. The number of hydrogen-bond acceptors (Lipinski definition) is 12. The predicted octanol–water partition coefficient (Wildman–Crippen LogP) is 4.26. The molecule has 1 saturated heterocycles. The van der Waals surface area contributed by atoms with E-state index in [-0.39, 0.29) is 57.1 Å².